The van der Waals surface area contributed by atoms with Crippen molar-refractivity contribution in [3.63, 3.8) is 0 Å². The highest BCUT2D eigenvalue weighted by Crippen LogP contribution is 2.43. The number of benzene rings is 2. The van der Waals surface area contributed by atoms with Crippen molar-refractivity contribution in [2.75, 3.05) is 19.0 Å². The van der Waals surface area contributed by atoms with Crippen LogP contribution in [0.25, 0.3) is 33.3 Å². The molecule has 2 aromatic carbocycles. The van der Waals surface area contributed by atoms with Gasteiger partial charge in [0.1, 0.15) is 16.9 Å². The fraction of sp³-hybridized carbons (Fsp3) is 0.324. The highest BCUT2D eigenvalue weighted by Gasteiger charge is 2.35. The van der Waals surface area contributed by atoms with Crippen LogP contribution in [0.4, 0.5) is 24.7 Å². The molecule has 11 nitrogen and oxygen atoms in total. The molecule has 5 aromatic rings. The topological polar surface area (TPSA) is 132 Å². The summed E-state index contributed by atoms with van der Waals surface area (Å²) in [4.78, 5) is 46.2. The Bertz CT molecular complexity index is 2390. The maximum atomic E-state index is 14.0. The molecule has 15 heteroatoms. The molecule has 270 valence electrons. The fourth-order valence-corrected chi connectivity index (χ4v) is 7.50. The second-order valence-electron chi connectivity index (χ2n) is 13.1. The standard InChI is InChI=1S/C37H35ClF3N7O4/c1-18-21(7-6-10-24(18)44-33-31-27(16-28(46-33)37(39,40)41)47(2)36(51)48(3)35(31)50)22-8-5-9-23(32(22)38)26-15-19-11-13-25(30(19)34(45-26)52-4)42-17-20-12-14-29(49)43-20/h5-10,15-16,20,25,42H,11-14,17H2,1-4H3,(H,43,49)(H,44,46)/t20-,25?/m0/s1. The molecule has 1 saturated heterocycles. The van der Waals surface area contributed by atoms with Crippen molar-refractivity contribution >= 4 is 39.9 Å². The van der Waals surface area contributed by atoms with Gasteiger partial charge in [0.2, 0.25) is 11.8 Å². The molecule has 1 unspecified atom stereocenters. The van der Waals surface area contributed by atoms with Crippen molar-refractivity contribution in [1.29, 1.82) is 0 Å². The number of hydrogen-bond acceptors (Lipinski definition) is 8. The molecule has 0 radical (unpaired) electrons. The lowest BCUT2D eigenvalue weighted by atomic mass is 9.96. The van der Waals surface area contributed by atoms with E-state index in [1.54, 1.807) is 26.2 Å². The van der Waals surface area contributed by atoms with Gasteiger partial charge in [0.25, 0.3) is 5.56 Å². The van der Waals surface area contributed by atoms with Crippen LogP contribution in [-0.4, -0.2) is 44.7 Å². The number of pyridine rings is 2. The van der Waals surface area contributed by atoms with Crippen molar-refractivity contribution < 1.29 is 22.7 Å². The number of carbonyl (C=O) groups excluding carboxylic acids is 1. The average molecular weight is 734 g/mol. The van der Waals surface area contributed by atoms with Crippen molar-refractivity contribution in [3.05, 3.63) is 96.8 Å². The van der Waals surface area contributed by atoms with E-state index in [2.05, 4.69) is 20.9 Å². The number of halogens is 4. The van der Waals surface area contributed by atoms with E-state index in [-0.39, 0.29) is 34.7 Å². The SMILES string of the molecule is COc1nc(-c2cccc(-c3cccc(Nc4nc(C(F)(F)F)cc5c4c(=O)n(C)c(=O)n5C)c3C)c2Cl)cc2c1C(NC[C@@H]1CCC(=O)N1)CC2. The number of hydrogen-bond donors (Lipinski definition) is 3. The molecule has 1 aliphatic heterocycles. The molecule has 4 heterocycles. The van der Waals surface area contributed by atoms with Crippen LogP contribution in [-0.2, 0) is 31.5 Å². The van der Waals surface area contributed by atoms with Gasteiger partial charge in [-0.25, -0.2) is 14.8 Å². The number of methoxy groups -OCH3 is 1. The first-order valence-corrected chi connectivity index (χ1v) is 17.1. The number of aryl methyl sites for hydroxylation is 2. The molecule has 52 heavy (non-hydrogen) atoms. The zero-order chi connectivity index (χ0) is 37.1. The lowest BCUT2D eigenvalue weighted by molar-refractivity contribution is -0.141. The lowest BCUT2D eigenvalue weighted by Crippen LogP contribution is -2.37. The summed E-state index contributed by atoms with van der Waals surface area (Å²) in [5, 5.41) is 9.77. The van der Waals surface area contributed by atoms with E-state index in [0.29, 0.717) is 63.6 Å². The number of nitrogens with zero attached hydrogens (tertiary/aromatic N) is 4. The van der Waals surface area contributed by atoms with Gasteiger partial charge >= 0.3 is 11.9 Å². The van der Waals surface area contributed by atoms with E-state index >= 15 is 0 Å². The fourth-order valence-electron chi connectivity index (χ4n) is 7.17. The van der Waals surface area contributed by atoms with Gasteiger partial charge in [0.05, 0.1) is 23.3 Å². The van der Waals surface area contributed by atoms with Gasteiger partial charge in [-0.05, 0) is 61.1 Å². The first kappa shape index (κ1) is 35.2. The number of fused-ring (bicyclic) bond motifs is 2. The number of aromatic nitrogens is 4. The Morgan fingerprint density at radius 1 is 0.981 bits per heavy atom. The normalized spacial score (nSPS) is 17.0. The molecule has 2 aliphatic rings. The summed E-state index contributed by atoms with van der Waals surface area (Å²) in [6, 6.07) is 13.6. The first-order valence-electron chi connectivity index (χ1n) is 16.7. The first-order chi connectivity index (χ1) is 24.8. The molecular weight excluding hydrogens is 699 g/mol. The predicted molar refractivity (Wildman–Crippen MR) is 192 cm³/mol. The molecule has 7 rings (SSSR count). The summed E-state index contributed by atoms with van der Waals surface area (Å²) in [6.07, 6.45) is -1.85. The van der Waals surface area contributed by atoms with E-state index in [4.69, 9.17) is 21.3 Å². The lowest BCUT2D eigenvalue weighted by Gasteiger charge is -2.20. The van der Waals surface area contributed by atoms with Crippen LogP contribution in [0.2, 0.25) is 5.02 Å². The minimum atomic E-state index is -4.84. The Labute approximate surface area is 300 Å². The van der Waals surface area contributed by atoms with Crippen LogP contribution in [0.5, 0.6) is 5.88 Å². The molecular formula is C37H35ClF3N7O4. The van der Waals surface area contributed by atoms with Gasteiger partial charge in [-0.3, -0.25) is 18.7 Å². The van der Waals surface area contributed by atoms with Crippen molar-refractivity contribution in [2.45, 2.75) is 50.9 Å². The van der Waals surface area contributed by atoms with Crippen LogP contribution in [0, 0.1) is 6.92 Å². The number of anilines is 2. The predicted octanol–water partition coefficient (Wildman–Crippen LogP) is 5.95. The van der Waals surface area contributed by atoms with Crippen LogP contribution < -0.4 is 31.9 Å². The Kier molecular flexibility index (Phi) is 9.07. The third-order valence-electron chi connectivity index (χ3n) is 9.94. The van der Waals surface area contributed by atoms with E-state index in [9.17, 15) is 27.6 Å². The Balaban J connectivity index is 1.25. The molecule has 0 saturated carbocycles. The van der Waals surface area contributed by atoms with Gasteiger partial charge in [0.15, 0.2) is 0 Å². The van der Waals surface area contributed by atoms with E-state index in [0.717, 1.165) is 39.5 Å². The van der Waals surface area contributed by atoms with Crippen LogP contribution >= 0.6 is 11.6 Å². The molecule has 1 amide bonds. The smallest absolute Gasteiger partial charge is 0.433 e. The van der Waals surface area contributed by atoms with E-state index in [1.165, 1.54) is 14.1 Å². The zero-order valence-electron chi connectivity index (χ0n) is 28.7. The highest BCUT2D eigenvalue weighted by atomic mass is 35.5. The highest BCUT2D eigenvalue weighted by molar-refractivity contribution is 6.36. The third kappa shape index (κ3) is 6.19. The van der Waals surface area contributed by atoms with Crippen LogP contribution in [0.1, 0.15) is 47.7 Å². The number of alkyl halides is 3. The quantitative estimate of drug-likeness (QED) is 0.178. The van der Waals surface area contributed by atoms with Crippen molar-refractivity contribution in [1.82, 2.24) is 29.7 Å². The van der Waals surface area contributed by atoms with Crippen molar-refractivity contribution in [2.24, 2.45) is 14.1 Å². The Morgan fingerprint density at radius 3 is 2.42 bits per heavy atom. The third-order valence-corrected chi connectivity index (χ3v) is 10.4. The van der Waals surface area contributed by atoms with Gasteiger partial charge in [-0.2, -0.15) is 13.2 Å². The Morgan fingerprint density at radius 2 is 1.71 bits per heavy atom. The summed E-state index contributed by atoms with van der Waals surface area (Å²) in [6.45, 7) is 2.43. The number of ether oxygens (including phenoxy) is 1. The minimum Gasteiger partial charge on any atom is -0.481 e. The Hall–Kier alpha value is -5.21. The molecule has 3 aromatic heterocycles. The summed E-state index contributed by atoms with van der Waals surface area (Å²) in [5.41, 5.74) is 2.71. The maximum absolute atomic E-state index is 14.0. The second-order valence-corrected chi connectivity index (χ2v) is 13.5. The number of amides is 1. The maximum Gasteiger partial charge on any atom is 0.433 e. The zero-order valence-corrected chi connectivity index (χ0v) is 29.5. The molecule has 1 fully saturated rings. The molecule has 2 atom stereocenters. The summed E-state index contributed by atoms with van der Waals surface area (Å²) in [5.74, 6) is 0.227. The largest absolute Gasteiger partial charge is 0.481 e. The molecule has 1 aliphatic carbocycles. The van der Waals surface area contributed by atoms with Crippen molar-refractivity contribution in [3.8, 4) is 28.3 Å². The number of carbonyl (C=O) groups is 1. The van der Waals surface area contributed by atoms with Gasteiger partial charge in [-0.1, -0.05) is 41.9 Å². The van der Waals surface area contributed by atoms with Crippen LogP contribution in [0.15, 0.2) is 58.1 Å². The molecule has 0 spiro atoms. The van der Waals surface area contributed by atoms with E-state index < -0.39 is 23.1 Å². The molecule has 3 N–H and O–H groups in total. The number of rotatable bonds is 8. The summed E-state index contributed by atoms with van der Waals surface area (Å²) in [7, 11) is 4.14. The second kappa shape index (κ2) is 13.4. The minimum absolute atomic E-state index is 0.0252. The number of nitrogens with one attached hydrogen (secondary N) is 3. The monoisotopic (exact) mass is 733 g/mol. The van der Waals surface area contributed by atoms with E-state index in [1.807, 2.05) is 30.3 Å². The van der Waals surface area contributed by atoms with Gasteiger partial charge in [0, 0.05) is 61.5 Å². The average Bonchev–Trinajstić information content (AvgIpc) is 3.74. The van der Waals surface area contributed by atoms with Gasteiger partial charge < -0.3 is 20.7 Å². The van der Waals surface area contributed by atoms with Gasteiger partial charge in [-0.15, -0.1) is 0 Å². The molecule has 0 bridgehead atoms. The van der Waals surface area contributed by atoms with Crippen LogP contribution in [0.3, 0.4) is 0 Å². The summed E-state index contributed by atoms with van der Waals surface area (Å²) < 4.78 is 49.5. The summed E-state index contributed by atoms with van der Waals surface area (Å²) >= 11 is 7.13.